The molecule has 1 aliphatic rings. The maximum absolute atomic E-state index is 11.5. The van der Waals surface area contributed by atoms with Crippen LogP contribution < -0.4 is 15.8 Å². The van der Waals surface area contributed by atoms with E-state index >= 15 is 0 Å². The van der Waals surface area contributed by atoms with Crippen LogP contribution in [0.4, 0.5) is 0 Å². The standard InChI is InChI=1S/C13H17BrN2O2/c14-10-1-4-12(9(7-10)5-6-15)18-8-13(17)16-11-2-3-11/h1,4,7,11H,2-3,5-6,8,15H2,(H,16,17). The predicted octanol–water partition coefficient (Wildman–Crippen LogP) is 1.61. The molecule has 4 nitrogen and oxygen atoms in total. The van der Waals surface area contributed by atoms with Crippen LogP contribution in [0.5, 0.6) is 5.75 Å². The Labute approximate surface area is 115 Å². The first-order valence-electron chi connectivity index (χ1n) is 6.09. The van der Waals surface area contributed by atoms with Gasteiger partial charge in [0.15, 0.2) is 6.61 Å². The van der Waals surface area contributed by atoms with E-state index in [1.54, 1.807) is 0 Å². The molecule has 1 saturated carbocycles. The van der Waals surface area contributed by atoms with Crippen LogP contribution in [0, 0.1) is 0 Å². The summed E-state index contributed by atoms with van der Waals surface area (Å²) in [5.41, 5.74) is 6.58. The molecule has 0 unspecified atom stereocenters. The van der Waals surface area contributed by atoms with E-state index in [0.717, 1.165) is 35.0 Å². The smallest absolute Gasteiger partial charge is 0.258 e. The number of carbonyl (C=O) groups is 1. The van der Waals surface area contributed by atoms with Crippen LogP contribution in [0.3, 0.4) is 0 Å². The fourth-order valence-electron chi connectivity index (χ4n) is 1.68. The summed E-state index contributed by atoms with van der Waals surface area (Å²) >= 11 is 3.41. The number of benzene rings is 1. The average Bonchev–Trinajstić information content (AvgIpc) is 3.12. The fourth-order valence-corrected chi connectivity index (χ4v) is 2.09. The van der Waals surface area contributed by atoms with Crippen molar-refractivity contribution in [1.82, 2.24) is 5.32 Å². The maximum atomic E-state index is 11.5. The molecule has 5 heteroatoms. The van der Waals surface area contributed by atoms with Crippen LogP contribution in [0.2, 0.25) is 0 Å². The van der Waals surface area contributed by atoms with E-state index < -0.39 is 0 Å². The highest BCUT2D eigenvalue weighted by molar-refractivity contribution is 9.10. The minimum atomic E-state index is -0.0564. The normalized spacial score (nSPS) is 14.3. The van der Waals surface area contributed by atoms with Crippen LogP contribution in [0.25, 0.3) is 0 Å². The highest BCUT2D eigenvalue weighted by Crippen LogP contribution is 2.23. The summed E-state index contributed by atoms with van der Waals surface area (Å²) in [6.07, 6.45) is 2.91. The lowest BCUT2D eigenvalue weighted by atomic mass is 10.1. The van der Waals surface area contributed by atoms with Crippen molar-refractivity contribution in [3.63, 3.8) is 0 Å². The monoisotopic (exact) mass is 312 g/mol. The molecule has 1 fully saturated rings. The second-order valence-corrected chi connectivity index (χ2v) is 5.34. The lowest BCUT2D eigenvalue weighted by Gasteiger charge is -2.11. The Bertz CT molecular complexity index is 433. The Hall–Kier alpha value is -1.07. The van der Waals surface area contributed by atoms with E-state index in [-0.39, 0.29) is 12.5 Å². The van der Waals surface area contributed by atoms with Crippen molar-refractivity contribution in [3.05, 3.63) is 28.2 Å². The molecule has 0 spiro atoms. The van der Waals surface area contributed by atoms with Gasteiger partial charge in [-0.05, 0) is 49.6 Å². The van der Waals surface area contributed by atoms with Gasteiger partial charge in [0.05, 0.1) is 0 Å². The number of nitrogens with two attached hydrogens (primary N) is 1. The number of carbonyl (C=O) groups excluding carboxylic acids is 1. The van der Waals surface area contributed by atoms with Gasteiger partial charge in [0.25, 0.3) is 5.91 Å². The zero-order valence-corrected chi connectivity index (χ0v) is 11.7. The highest BCUT2D eigenvalue weighted by atomic mass is 79.9. The van der Waals surface area contributed by atoms with Crippen molar-refractivity contribution >= 4 is 21.8 Å². The van der Waals surface area contributed by atoms with Gasteiger partial charge in [-0.15, -0.1) is 0 Å². The summed E-state index contributed by atoms with van der Waals surface area (Å²) in [5.74, 6) is 0.675. The van der Waals surface area contributed by atoms with E-state index in [0.29, 0.717) is 12.6 Å². The Morgan fingerprint density at radius 1 is 1.50 bits per heavy atom. The van der Waals surface area contributed by atoms with Crippen molar-refractivity contribution in [2.45, 2.75) is 25.3 Å². The number of nitrogens with one attached hydrogen (secondary N) is 1. The quantitative estimate of drug-likeness (QED) is 0.838. The molecule has 0 radical (unpaired) electrons. The number of amides is 1. The van der Waals surface area contributed by atoms with Crippen LogP contribution in [-0.2, 0) is 11.2 Å². The van der Waals surface area contributed by atoms with E-state index in [9.17, 15) is 4.79 Å². The average molecular weight is 313 g/mol. The molecule has 1 aromatic carbocycles. The van der Waals surface area contributed by atoms with Crippen molar-refractivity contribution in [2.75, 3.05) is 13.2 Å². The van der Waals surface area contributed by atoms with E-state index in [1.807, 2.05) is 18.2 Å². The topological polar surface area (TPSA) is 64.3 Å². The van der Waals surface area contributed by atoms with Crippen LogP contribution in [0.1, 0.15) is 18.4 Å². The van der Waals surface area contributed by atoms with E-state index in [1.165, 1.54) is 0 Å². The molecule has 0 bridgehead atoms. The molecule has 1 aliphatic carbocycles. The molecule has 3 N–H and O–H groups in total. The predicted molar refractivity (Wildman–Crippen MR) is 73.6 cm³/mol. The Morgan fingerprint density at radius 3 is 2.94 bits per heavy atom. The number of ether oxygens (including phenoxy) is 1. The number of hydrogen-bond donors (Lipinski definition) is 2. The van der Waals surface area contributed by atoms with Crippen LogP contribution >= 0.6 is 15.9 Å². The first-order valence-corrected chi connectivity index (χ1v) is 6.89. The Balaban J connectivity index is 1.92. The molecule has 98 valence electrons. The van der Waals surface area contributed by atoms with Gasteiger partial charge >= 0.3 is 0 Å². The molecular weight excluding hydrogens is 296 g/mol. The summed E-state index contributed by atoms with van der Waals surface area (Å²) in [5, 5.41) is 2.89. The van der Waals surface area contributed by atoms with Gasteiger partial charge in [0, 0.05) is 10.5 Å². The number of halogens is 1. The zero-order valence-electron chi connectivity index (χ0n) is 10.1. The zero-order chi connectivity index (χ0) is 13.0. The summed E-state index contributed by atoms with van der Waals surface area (Å²) < 4.78 is 6.53. The molecule has 1 amide bonds. The van der Waals surface area contributed by atoms with Gasteiger partial charge in [-0.1, -0.05) is 15.9 Å². The third-order valence-electron chi connectivity index (χ3n) is 2.74. The SMILES string of the molecule is NCCc1cc(Br)ccc1OCC(=O)NC1CC1. The summed E-state index contributed by atoms with van der Waals surface area (Å²) in [7, 11) is 0. The summed E-state index contributed by atoms with van der Waals surface area (Å²) in [6, 6.07) is 6.10. The van der Waals surface area contributed by atoms with Gasteiger partial charge in [-0.25, -0.2) is 0 Å². The second kappa shape index (κ2) is 6.20. The van der Waals surface area contributed by atoms with Crippen molar-refractivity contribution in [1.29, 1.82) is 0 Å². The Kier molecular flexibility index (Phi) is 4.60. The highest BCUT2D eigenvalue weighted by Gasteiger charge is 2.23. The minimum absolute atomic E-state index is 0.0564. The lowest BCUT2D eigenvalue weighted by molar-refractivity contribution is -0.123. The van der Waals surface area contributed by atoms with Gasteiger partial charge in [-0.2, -0.15) is 0 Å². The molecular formula is C13H17BrN2O2. The van der Waals surface area contributed by atoms with E-state index in [2.05, 4.69) is 21.2 Å². The van der Waals surface area contributed by atoms with Crippen molar-refractivity contribution in [3.8, 4) is 5.75 Å². The van der Waals surface area contributed by atoms with Gasteiger partial charge in [0.1, 0.15) is 5.75 Å². The lowest BCUT2D eigenvalue weighted by Crippen LogP contribution is -2.30. The molecule has 1 aromatic rings. The molecule has 0 aliphatic heterocycles. The first kappa shape index (κ1) is 13.4. The van der Waals surface area contributed by atoms with Gasteiger partial charge in [0.2, 0.25) is 0 Å². The molecule has 0 heterocycles. The van der Waals surface area contributed by atoms with Gasteiger partial charge < -0.3 is 15.8 Å². The van der Waals surface area contributed by atoms with Crippen molar-refractivity contribution in [2.24, 2.45) is 5.73 Å². The summed E-state index contributed by atoms with van der Waals surface area (Å²) in [4.78, 5) is 11.5. The van der Waals surface area contributed by atoms with Crippen LogP contribution in [-0.4, -0.2) is 25.1 Å². The Morgan fingerprint density at radius 2 is 2.28 bits per heavy atom. The molecule has 0 saturated heterocycles. The van der Waals surface area contributed by atoms with Crippen molar-refractivity contribution < 1.29 is 9.53 Å². The first-order chi connectivity index (χ1) is 8.69. The minimum Gasteiger partial charge on any atom is -0.483 e. The molecule has 0 aromatic heterocycles. The number of rotatable bonds is 6. The molecule has 2 rings (SSSR count). The van der Waals surface area contributed by atoms with Gasteiger partial charge in [-0.3, -0.25) is 4.79 Å². The fraction of sp³-hybridized carbons (Fsp3) is 0.462. The summed E-state index contributed by atoms with van der Waals surface area (Å²) in [6.45, 7) is 0.622. The largest absolute Gasteiger partial charge is 0.483 e. The molecule has 18 heavy (non-hydrogen) atoms. The maximum Gasteiger partial charge on any atom is 0.258 e. The number of hydrogen-bond acceptors (Lipinski definition) is 3. The third-order valence-corrected chi connectivity index (χ3v) is 3.23. The van der Waals surface area contributed by atoms with E-state index in [4.69, 9.17) is 10.5 Å². The second-order valence-electron chi connectivity index (χ2n) is 4.42. The third kappa shape index (κ3) is 3.99. The molecule has 0 atom stereocenters. The van der Waals surface area contributed by atoms with Crippen LogP contribution in [0.15, 0.2) is 22.7 Å².